The Morgan fingerprint density at radius 3 is 1.89 bits per heavy atom. The maximum Gasteiger partial charge on any atom is 0.0462 e. The van der Waals surface area contributed by atoms with Crippen molar-refractivity contribution in [2.45, 2.75) is 32.1 Å². The van der Waals surface area contributed by atoms with Crippen LogP contribution in [0.25, 0.3) is 0 Å². The van der Waals surface area contributed by atoms with Crippen LogP contribution >= 0.6 is 0 Å². The maximum atomic E-state index is 5.50. The standard InChI is InChI=1S/C14H31N3O/c1-18-14-6-5-9-17-12-10-16(11-13-17)8-4-2-3-7-15/h2-15H2,1H3. The summed E-state index contributed by atoms with van der Waals surface area (Å²) in [6.45, 7) is 9.21. The molecule has 4 nitrogen and oxygen atoms in total. The molecule has 0 saturated carbocycles. The minimum Gasteiger partial charge on any atom is -0.385 e. The molecule has 0 aromatic heterocycles. The van der Waals surface area contributed by atoms with E-state index in [9.17, 15) is 0 Å². The Morgan fingerprint density at radius 2 is 1.39 bits per heavy atom. The lowest BCUT2D eigenvalue weighted by molar-refractivity contribution is 0.124. The number of ether oxygens (including phenoxy) is 1. The summed E-state index contributed by atoms with van der Waals surface area (Å²) in [6, 6.07) is 0. The summed E-state index contributed by atoms with van der Waals surface area (Å²) in [7, 11) is 1.78. The van der Waals surface area contributed by atoms with Gasteiger partial charge in [-0.2, -0.15) is 0 Å². The fraction of sp³-hybridized carbons (Fsp3) is 1.00. The second-order valence-electron chi connectivity index (χ2n) is 5.23. The molecule has 4 heteroatoms. The Hall–Kier alpha value is -0.160. The Morgan fingerprint density at radius 1 is 0.833 bits per heavy atom. The number of rotatable bonds is 10. The van der Waals surface area contributed by atoms with Crippen LogP contribution in [0.2, 0.25) is 0 Å². The minimum absolute atomic E-state index is 0.843. The number of hydrogen-bond acceptors (Lipinski definition) is 4. The van der Waals surface area contributed by atoms with Gasteiger partial charge in [0.15, 0.2) is 0 Å². The number of hydrogen-bond donors (Lipinski definition) is 1. The number of piperazine rings is 1. The van der Waals surface area contributed by atoms with Crippen LogP contribution in [0.3, 0.4) is 0 Å². The smallest absolute Gasteiger partial charge is 0.0462 e. The Labute approximate surface area is 112 Å². The van der Waals surface area contributed by atoms with E-state index in [0.29, 0.717) is 0 Å². The van der Waals surface area contributed by atoms with Gasteiger partial charge in [-0.1, -0.05) is 6.42 Å². The third-order valence-corrected chi connectivity index (χ3v) is 3.72. The molecule has 1 fully saturated rings. The predicted octanol–water partition coefficient (Wildman–Crippen LogP) is 1.16. The second kappa shape index (κ2) is 10.7. The summed E-state index contributed by atoms with van der Waals surface area (Å²) >= 11 is 0. The molecule has 108 valence electrons. The van der Waals surface area contributed by atoms with E-state index >= 15 is 0 Å². The molecule has 1 rings (SSSR count). The zero-order valence-electron chi connectivity index (χ0n) is 12.1. The van der Waals surface area contributed by atoms with Gasteiger partial charge in [-0.05, 0) is 45.3 Å². The van der Waals surface area contributed by atoms with Gasteiger partial charge < -0.3 is 20.3 Å². The first-order valence-electron chi connectivity index (χ1n) is 7.50. The van der Waals surface area contributed by atoms with E-state index in [0.717, 1.165) is 13.2 Å². The molecule has 1 aliphatic heterocycles. The molecule has 0 atom stereocenters. The summed E-state index contributed by atoms with van der Waals surface area (Å²) in [5.74, 6) is 0. The van der Waals surface area contributed by atoms with Crippen molar-refractivity contribution in [2.24, 2.45) is 5.73 Å². The molecule has 2 N–H and O–H groups in total. The molecule has 1 aliphatic rings. The fourth-order valence-corrected chi connectivity index (χ4v) is 2.47. The molecular formula is C14H31N3O. The van der Waals surface area contributed by atoms with Gasteiger partial charge in [-0.25, -0.2) is 0 Å². The van der Waals surface area contributed by atoms with Crippen molar-refractivity contribution in [1.29, 1.82) is 0 Å². The van der Waals surface area contributed by atoms with Crippen molar-refractivity contribution in [2.75, 3.05) is 59.5 Å². The second-order valence-corrected chi connectivity index (χ2v) is 5.23. The molecule has 0 spiro atoms. The molecular weight excluding hydrogens is 226 g/mol. The van der Waals surface area contributed by atoms with Gasteiger partial charge in [-0.15, -0.1) is 0 Å². The van der Waals surface area contributed by atoms with Crippen molar-refractivity contribution in [3.63, 3.8) is 0 Å². The highest BCUT2D eigenvalue weighted by molar-refractivity contribution is 4.71. The lowest BCUT2D eigenvalue weighted by Gasteiger charge is -2.34. The summed E-state index contributed by atoms with van der Waals surface area (Å²) in [5, 5.41) is 0. The largest absolute Gasteiger partial charge is 0.385 e. The van der Waals surface area contributed by atoms with Crippen LogP contribution in [0.4, 0.5) is 0 Å². The molecule has 18 heavy (non-hydrogen) atoms. The number of unbranched alkanes of at least 4 members (excludes halogenated alkanes) is 3. The normalized spacial score (nSPS) is 18.3. The lowest BCUT2D eigenvalue weighted by atomic mass is 10.2. The highest BCUT2D eigenvalue weighted by Crippen LogP contribution is 2.05. The Balaban J connectivity index is 1.95. The van der Waals surface area contributed by atoms with Crippen LogP contribution in [0.5, 0.6) is 0 Å². The highest BCUT2D eigenvalue weighted by Gasteiger charge is 2.15. The van der Waals surface area contributed by atoms with E-state index in [1.165, 1.54) is 71.4 Å². The first-order chi connectivity index (χ1) is 8.86. The third kappa shape index (κ3) is 7.31. The molecule has 0 aromatic carbocycles. The van der Waals surface area contributed by atoms with Gasteiger partial charge in [0.1, 0.15) is 0 Å². The Kier molecular flexibility index (Phi) is 9.48. The van der Waals surface area contributed by atoms with Crippen molar-refractivity contribution < 1.29 is 4.74 Å². The summed E-state index contributed by atoms with van der Waals surface area (Å²) in [4.78, 5) is 5.19. The van der Waals surface area contributed by atoms with E-state index in [2.05, 4.69) is 9.80 Å². The topological polar surface area (TPSA) is 41.7 Å². The zero-order chi connectivity index (χ0) is 13.1. The quantitative estimate of drug-likeness (QED) is 0.596. The Bertz CT molecular complexity index is 162. The lowest BCUT2D eigenvalue weighted by Crippen LogP contribution is -2.46. The molecule has 0 bridgehead atoms. The van der Waals surface area contributed by atoms with E-state index in [1.807, 2.05) is 0 Å². The summed E-state index contributed by atoms with van der Waals surface area (Å²) < 4.78 is 5.08. The van der Waals surface area contributed by atoms with Crippen LogP contribution in [0.1, 0.15) is 32.1 Å². The summed E-state index contributed by atoms with van der Waals surface area (Å²) in [5.41, 5.74) is 5.50. The van der Waals surface area contributed by atoms with Crippen LogP contribution < -0.4 is 5.73 Å². The van der Waals surface area contributed by atoms with Crippen molar-refractivity contribution >= 4 is 0 Å². The summed E-state index contributed by atoms with van der Waals surface area (Å²) in [6.07, 6.45) is 6.23. The van der Waals surface area contributed by atoms with Crippen molar-refractivity contribution in [1.82, 2.24) is 9.80 Å². The van der Waals surface area contributed by atoms with Gasteiger partial charge in [-0.3, -0.25) is 0 Å². The molecule has 0 aromatic rings. The first kappa shape index (κ1) is 15.9. The van der Waals surface area contributed by atoms with Crippen LogP contribution in [0, 0.1) is 0 Å². The number of methoxy groups -OCH3 is 1. The van der Waals surface area contributed by atoms with E-state index < -0.39 is 0 Å². The fourth-order valence-electron chi connectivity index (χ4n) is 2.47. The highest BCUT2D eigenvalue weighted by atomic mass is 16.5. The van der Waals surface area contributed by atoms with Crippen molar-refractivity contribution in [3.05, 3.63) is 0 Å². The van der Waals surface area contributed by atoms with Gasteiger partial charge in [0.05, 0.1) is 0 Å². The van der Waals surface area contributed by atoms with Gasteiger partial charge in [0, 0.05) is 39.9 Å². The number of nitrogens with two attached hydrogens (primary N) is 1. The molecule has 1 heterocycles. The van der Waals surface area contributed by atoms with Gasteiger partial charge in [0.2, 0.25) is 0 Å². The first-order valence-corrected chi connectivity index (χ1v) is 7.50. The monoisotopic (exact) mass is 257 g/mol. The maximum absolute atomic E-state index is 5.50. The predicted molar refractivity (Wildman–Crippen MR) is 76.9 cm³/mol. The van der Waals surface area contributed by atoms with E-state index in [1.54, 1.807) is 7.11 Å². The minimum atomic E-state index is 0.843. The van der Waals surface area contributed by atoms with Crippen molar-refractivity contribution in [3.8, 4) is 0 Å². The molecule has 0 unspecified atom stereocenters. The van der Waals surface area contributed by atoms with Gasteiger partial charge >= 0.3 is 0 Å². The molecule has 1 saturated heterocycles. The molecule has 0 amide bonds. The molecule has 0 aliphatic carbocycles. The molecule has 0 radical (unpaired) electrons. The van der Waals surface area contributed by atoms with E-state index in [4.69, 9.17) is 10.5 Å². The third-order valence-electron chi connectivity index (χ3n) is 3.72. The average molecular weight is 257 g/mol. The zero-order valence-corrected chi connectivity index (χ0v) is 12.1. The van der Waals surface area contributed by atoms with Gasteiger partial charge in [0.25, 0.3) is 0 Å². The van der Waals surface area contributed by atoms with Crippen LogP contribution in [-0.2, 0) is 4.74 Å². The SMILES string of the molecule is COCCCCN1CCN(CCCCCN)CC1. The number of nitrogens with zero attached hydrogens (tertiary/aromatic N) is 2. The average Bonchev–Trinajstić information content (AvgIpc) is 2.41. The van der Waals surface area contributed by atoms with Crippen LogP contribution in [-0.4, -0.2) is 69.3 Å². The van der Waals surface area contributed by atoms with E-state index in [-0.39, 0.29) is 0 Å². The van der Waals surface area contributed by atoms with Crippen LogP contribution in [0.15, 0.2) is 0 Å².